The van der Waals surface area contributed by atoms with Gasteiger partial charge in [-0.15, -0.1) is 0 Å². The van der Waals surface area contributed by atoms with E-state index in [9.17, 15) is 4.39 Å². The Morgan fingerprint density at radius 2 is 2.15 bits per heavy atom. The smallest absolute Gasteiger partial charge is 0.219 e. The molecule has 1 aromatic heterocycles. The second-order valence-electron chi connectivity index (χ2n) is 5.11. The van der Waals surface area contributed by atoms with Crippen molar-refractivity contribution in [2.75, 3.05) is 0 Å². The molecule has 0 amide bonds. The first kappa shape index (κ1) is 13.1. The van der Waals surface area contributed by atoms with Crippen molar-refractivity contribution in [2.24, 2.45) is 0 Å². The van der Waals surface area contributed by atoms with Gasteiger partial charge in [0.05, 0.1) is 0 Å². The van der Waals surface area contributed by atoms with Crippen LogP contribution in [0.25, 0.3) is 0 Å². The molecule has 3 nitrogen and oxygen atoms in total. The summed E-state index contributed by atoms with van der Waals surface area (Å²) < 4.78 is 18.6. The molecule has 1 fully saturated rings. The number of rotatable bonds is 5. The molecule has 3 rings (SSSR count). The maximum absolute atomic E-state index is 13.1. The highest BCUT2D eigenvalue weighted by Crippen LogP contribution is 2.23. The summed E-state index contributed by atoms with van der Waals surface area (Å²) in [7, 11) is 0. The molecule has 0 bridgehead atoms. The second kappa shape index (κ2) is 5.59. The molecule has 1 N–H and O–H groups in total. The highest BCUT2D eigenvalue weighted by molar-refractivity contribution is 5.30. The summed E-state index contributed by atoms with van der Waals surface area (Å²) in [5.41, 5.74) is 2.11. The third-order valence-electron chi connectivity index (χ3n) is 3.35. The van der Waals surface area contributed by atoms with Crippen LogP contribution in [0.15, 0.2) is 36.4 Å². The molecule has 0 saturated heterocycles. The lowest BCUT2D eigenvalue weighted by atomic mass is 10.2. The summed E-state index contributed by atoms with van der Waals surface area (Å²) in [6, 6.07) is 10.6. The standard InChI is InChI=1S/C16H17FN2O/c1-11-12(10-18-14-6-7-14)5-8-16(19-11)20-15-4-2-3-13(17)9-15/h2-5,8-9,14,18H,6-7,10H2,1H3. The van der Waals surface area contributed by atoms with E-state index in [0.29, 0.717) is 17.7 Å². The molecular formula is C16H17FN2O. The zero-order chi connectivity index (χ0) is 13.9. The number of hydrogen-bond acceptors (Lipinski definition) is 3. The zero-order valence-corrected chi connectivity index (χ0v) is 11.4. The van der Waals surface area contributed by atoms with Crippen LogP contribution >= 0.6 is 0 Å². The number of hydrogen-bond donors (Lipinski definition) is 1. The largest absolute Gasteiger partial charge is 0.439 e. The third kappa shape index (κ3) is 3.33. The molecule has 4 heteroatoms. The van der Waals surface area contributed by atoms with Crippen LogP contribution in [-0.2, 0) is 6.54 Å². The first-order chi connectivity index (χ1) is 9.70. The van der Waals surface area contributed by atoms with Gasteiger partial charge in [0.2, 0.25) is 5.88 Å². The summed E-state index contributed by atoms with van der Waals surface area (Å²) in [6.45, 7) is 2.80. The normalized spacial score (nSPS) is 14.3. The summed E-state index contributed by atoms with van der Waals surface area (Å²) in [6.07, 6.45) is 2.54. The van der Waals surface area contributed by atoms with Gasteiger partial charge in [0.25, 0.3) is 0 Å². The Labute approximate surface area is 117 Å². The zero-order valence-electron chi connectivity index (χ0n) is 11.4. The van der Waals surface area contributed by atoms with Crippen LogP contribution in [0.2, 0.25) is 0 Å². The molecule has 104 valence electrons. The molecule has 2 aromatic rings. The molecule has 0 unspecified atom stereocenters. The molecule has 1 aliphatic carbocycles. The number of benzene rings is 1. The molecule has 1 heterocycles. The van der Waals surface area contributed by atoms with Gasteiger partial charge in [0.1, 0.15) is 11.6 Å². The Morgan fingerprint density at radius 3 is 2.85 bits per heavy atom. The van der Waals surface area contributed by atoms with Gasteiger partial charge >= 0.3 is 0 Å². The molecule has 20 heavy (non-hydrogen) atoms. The number of aryl methyl sites for hydroxylation is 1. The number of aromatic nitrogens is 1. The van der Waals surface area contributed by atoms with Crippen molar-refractivity contribution in [1.29, 1.82) is 0 Å². The number of halogens is 1. The van der Waals surface area contributed by atoms with E-state index in [1.54, 1.807) is 12.1 Å². The van der Waals surface area contributed by atoms with Gasteiger partial charge < -0.3 is 10.1 Å². The van der Waals surface area contributed by atoms with Gasteiger partial charge in [-0.25, -0.2) is 9.37 Å². The number of nitrogens with zero attached hydrogens (tertiary/aromatic N) is 1. The summed E-state index contributed by atoms with van der Waals surface area (Å²) in [4.78, 5) is 4.41. The van der Waals surface area contributed by atoms with Crippen LogP contribution in [0.3, 0.4) is 0 Å². The first-order valence-corrected chi connectivity index (χ1v) is 6.84. The Hall–Kier alpha value is -1.94. The molecule has 0 aliphatic heterocycles. The van der Waals surface area contributed by atoms with E-state index in [1.165, 1.54) is 30.5 Å². The number of ether oxygens (including phenoxy) is 1. The van der Waals surface area contributed by atoms with Crippen molar-refractivity contribution in [2.45, 2.75) is 32.4 Å². The highest BCUT2D eigenvalue weighted by Gasteiger charge is 2.20. The van der Waals surface area contributed by atoms with Gasteiger partial charge in [-0.05, 0) is 37.5 Å². The van der Waals surface area contributed by atoms with Crippen molar-refractivity contribution < 1.29 is 9.13 Å². The van der Waals surface area contributed by atoms with Crippen LogP contribution in [0, 0.1) is 12.7 Å². The monoisotopic (exact) mass is 272 g/mol. The van der Waals surface area contributed by atoms with Crippen LogP contribution in [0.1, 0.15) is 24.1 Å². The lowest BCUT2D eigenvalue weighted by molar-refractivity contribution is 0.456. The van der Waals surface area contributed by atoms with E-state index in [4.69, 9.17) is 4.74 Å². The second-order valence-corrected chi connectivity index (χ2v) is 5.11. The molecule has 0 spiro atoms. The lowest BCUT2D eigenvalue weighted by Gasteiger charge is -2.09. The summed E-state index contributed by atoms with van der Waals surface area (Å²) >= 11 is 0. The molecule has 1 aromatic carbocycles. The fourth-order valence-corrected chi connectivity index (χ4v) is 2.00. The van der Waals surface area contributed by atoms with Gasteiger partial charge in [0, 0.05) is 30.4 Å². The van der Waals surface area contributed by atoms with Crippen LogP contribution in [0.4, 0.5) is 4.39 Å². The van der Waals surface area contributed by atoms with Crippen molar-refractivity contribution >= 4 is 0 Å². The Balaban J connectivity index is 1.69. The van der Waals surface area contributed by atoms with E-state index in [2.05, 4.69) is 10.3 Å². The lowest BCUT2D eigenvalue weighted by Crippen LogP contribution is -2.16. The minimum absolute atomic E-state index is 0.315. The molecule has 1 aliphatic rings. The van der Waals surface area contributed by atoms with Crippen LogP contribution in [0.5, 0.6) is 11.6 Å². The number of pyridine rings is 1. The number of nitrogens with one attached hydrogen (secondary N) is 1. The van der Waals surface area contributed by atoms with Crippen LogP contribution < -0.4 is 10.1 Å². The van der Waals surface area contributed by atoms with Crippen LogP contribution in [-0.4, -0.2) is 11.0 Å². The van der Waals surface area contributed by atoms with E-state index in [1.807, 2.05) is 19.1 Å². The maximum atomic E-state index is 13.1. The van der Waals surface area contributed by atoms with E-state index in [-0.39, 0.29) is 5.82 Å². The molecule has 0 atom stereocenters. The van der Waals surface area contributed by atoms with Crippen molar-refractivity contribution in [1.82, 2.24) is 10.3 Å². The molecular weight excluding hydrogens is 255 g/mol. The highest BCUT2D eigenvalue weighted by atomic mass is 19.1. The third-order valence-corrected chi connectivity index (χ3v) is 3.35. The van der Waals surface area contributed by atoms with Crippen molar-refractivity contribution in [3.8, 4) is 11.6 Å². The van der Waals surface area contributed by atoms with Gasteiger partial charge in [-0.2, -0.15) is 0 Å². The van der Waals surface area contributed by atoms with Gasteiger partial charge in [-0.3, -0.25) is 0 Å². The van der Waals surface area contributed by atoms with E-state index in [0.717, 1.165) is 12.2 Å². The Kier molecular flexibility index (Phi) is 3.65. The van der Waals surface area contributed by atoms with Gasteiger partial charge in [-0.1, -0.05) is 12.1 Å². The predicted molar refractivity (Wildman–Crippen MR) is 75.3 cm³/mol. The predicted octanol–water partition coefficient (Wildman–Crippen LogP) is 3.57. The fraction of sp³-hybridized carbons (Fsp3) is 0.312. The molecule has 0 radical (unpaired) electrons. The maximum Gasteiger partial charge on any atom is 0.219 e. The topological polar surface area (TPSA) is 34.1 Å². The average molecular weight is 272 g/mol. The summed E-state index contributed by atoms with van der Waals surface area (Å²) in [5, 5.41) is 3.46. The van der Waals surface area contributed by atoms with Crippen molar-refractivity contribution in [3.05, 3.63) is 53.5 Å². The van der Waals surface area contributed by atoms with E-state index >= 15 is 0 Å². The average Bonchev–Trinajstić information content (AvgIpc) is 3.22. The Morgan fingerprint density at radius 1 is 1.30 bits per heavy atom. The minimum Gasteiger partial charge on any atom is -0.439 e. The quantitative estimate of drug-likeness (QED) is 0.903. The minimum atomic E-state index is -0.315. The Bertz CT molecular complexity index is 611. The fourth-order valence-electron chi connectivity index (χ4n) is 2.00. The first-order valence-electron chi connectivity index (χ1n) is 6.84. The SMILES string of the molecule is Cc1nc(Oc2cccc(F)c2)ccc1CNC1CC1. The summed E-state index contributed by atoms with van der Waals surface area (Å²) in [5.74, 6) is 0.633. The van der Waals surface area contributed by atoms with E-state index < -0.39 is 0 Å². The van der Waals surface area contributed by atoms with Gasteiger partial charge in [0.15, 0.2) is 0 Å². The van der Waals surface area contributed by atoms with Crippen molar-refractivity contribution in [3.63, 3.8) is 0 Å². The molecule has 1 saturated carbocycles.